The van der Waals surface area contributed by atoms with E-state index in [9.17, 15) is 4.79 Å². The van der Waals surface area contributed by atoms with E-state index in [4.69, 9.17) is 11.6 Å². The van der Waals surface area contributed by atoms with Gasteiger partial charge in [0.25, 0.3) is 0 Å². The van der Waals surface area contributed by atoms with Gasteiger partial charge in [0.15, 0.2) is 5.15 Å². The highest BCUT2D eigenvalue weighted by molar-refractivity contribution is 6.34. The zero-order valence-corrected chi connectivity index (χ0v) is 12.8. The zero-order chi connectivity index (χ0) is 15.5. The van der Waals surface area contributed by atoms with Gasteiger partial charge in [-0.2, -0.15) is 5.10 Å². The number of halogens is 1. The number of hydrogen-bond acceptors (Lipinski definition) is 3. The van der Waals surface area contributed by atoms with E-state index in [1.807, 2.05) is 30.3 Å². The number of pyridine rings is 1. The van der Waals surface area contributed by atoms with E-state index in [1.54, 1.807) is 19.4 Å². The van der Waals surface area contributed by atoms with Crippen molar-refractivity contribution in [2.45, 2.75) is 12.3 Å². The third-order valence-electron chi connectivity index (χ3n) is 3.70. The van der Waals surface area contributed by atoms with Gasteiger partial charge in [0.1, 0.15) is 0 Å². The van der Waals surface area contributed by atoms with Crippen molar-refractivity contribution in [1.82, 2.24) is 20.5 Å². The summed E-state index contributed by atoms with van der Waals surface area (Å²) in [7, 11) is 1.64. The van der Waals surface area contributed by atoms with Crippen LogP contribution in [0.25, 0.3) is 10.9 Å². The van der Waals surface area contributed by atoms with Crippen LogP contribution in [0, 0.1) is 0 Å². The van der Waals surface area contributed by atoms with Gasteiger partial charge in [-0.05, 0) is 29.3 Å². The van der Waals surface area contributed by atoms with Crippen LogP contribution in [0.3, 0.4) is 0 Å². The molecular weight excluding hydrogens is 300 g/mol. The Morgan fingerprint density at radius 2 is 2.23 bits per heavy atom. The summed E-state index contributed by atoms with van der Waals surface area (Å²) in [6, 6.07) is 9.73. The van der Waals surface area contributed by atoms with Crippen LogP contribution >= 0.6 is 11.6 Å². The number of carbonyl (C=O) groups is 1. The van der Waals surface area contributed by atoms with Crippen molar-refractivity contribution in [1.29, 1.82) is 0 Å². The molecule has 0 saturated carbocycles. The predicted octanol–water partition coefficient (Wildman–Crippen LogP) is 2.88. The normalized spacial score (nSPS) is 12.3. The fraction of sp³-hybridized carbons (Fsp3) is 0.188. The summed E-state index contributed by atoms with van der Waals surface area (Å²) in [5, 5.41) is 10.8. The predicted molar refractivity (Wildman–Crippen MR) is 85.9 cm³/mol. The van der Waals surface area contributed by atoms with E-state index in [1.165, 1.54) is 0 Å². The summed E-state index contributed by atoms with van der Waals surface area (Å²) < 4.78 is 0. The molecule has 2 N–H and O–H groups in total. The number of nitrogens with one attached hydrogen (secondary N) is 2. The van der Waals surface area contributed by atoms with Gasteiger partial charge in [-0.1, -0.05) is 23.7 Å². The van der Waals surface area contributed by atoms with Crippen molar-refractivity contribution in [3.63, 3.8) is 0 Å². The first-order chi connectivity index (χ1) is 10.7. The highest BCUT2D eigenvalue weighted by atomic mass is 35.5. The number of amides is 1. The fourth-order valence-corrected chi connectivity index (χ4v) is 2.71. The summed E-state index contributed by atoms with van der Waals surface area (Å²) in [6.45, 7) is 0. The average Bonchev–Trinajstić information content (AvgIpc) is 2.94. The third kappa shape index (κ3) is 2.80. The number of benzene rings is 1. The Morgan fingerprint density at radius 3 is 2.95 bits per heavy atom. The maximum absolute atomic E-state index is 11.9. The first-order valence-electron chi connectivity index (χ1n) is 6.93. The molecule has 0 saturated heterocycles. The lowest BCUT2D eigenvalue weighted by molar-refractivity contribution is -0.120. The van der Waals surface area contributed by atoms with Gasteiger partial charge < -0.3 is 5.32 Å². The number of aromatic amines is 1. The lowest BCUT2D eigenvalue weighted by Gasteiger charge is -2.17. The van der Waals surface area contributed by atoms with Gasteiger partial charge in [0.2, 0.25) is 5.91 Å². The molecule has 0 bridgehead atoms. The van der Waals surface area contributed by atoms with Crippen LogP contribution < -0.4 is 5.32 Å². The van der Waals surface area contributed by atoms with E-state index in [-0.39, 0.29) is 11.8 Å². The van der Waals surface area contributed by atoms with Crippen LogP contribution in [0.1, 0.15) is 23.5 Å². The minimum Gasteiger partial charge on any atom is -0.359 e. The van der Waals surface area contributed by atoms with Crippen molar-refractivity contribution in [3.8, 4) is 0 Å². The summed E-state index contributed by atoms with van der Waals surface area (Å²) in [5.74, 6) is -0.101. The number of nitrogens with zero attached hydrogens (tertiary/aromatic N) is 2. The monoisotopic (exact) mass is 314 g/mol. The lowest BCUT2D eigenvalue weighted by Crippen LogP contribution is -2.21. The highest BCUT2D eigenvalue weighted by Gasteiger charge is 2.19. The Labute approximate surface area is 132 Å². The van der Waals surface area contributed by atoms with E-state index in [0.717, 1.165) is 22.0 Å². The molecule has 5 nitrogen and oxygen atoms in total. The molecule has 0 aliphatic rings. The molecule has 0 aliphatic carbocycles. The van der Waals surface area contributed by atoms with Gasteiger partial charge in [-0.25, -0.2) is 0 Å². The molecule has 2 aromatic heterocycles. The first kappa shape index (κ1) is 14.5. The quantitative estimate of drug-likeness (QED) is 0.778. The zero-order valence-electron chi connectivity index (χ0n) is 12.0. The van der Waals surface area contributed by atoms with Gasteiger partial charge in [0.05, 0.1) is 5.52 Å². The number of carbonyl (C=O) groups excluding carboxylic acids is 1. The van der Waals surface area contributed by atoms with Crippen molar-refractivity contribution < 1.29 is 4.79 Å². The molecule has 6 heteroatoms. The molecule has 112 valence electrons. The molecule has 2 heterocycles. The number of H-pyrrole nitrogens is 1. The molecule has 3 rings (SSSR count). The summed E-state index contributed by atoms with van der Waals surface area (Å²) in [4.78, 5) is 16.0. The summed E-state index contributed by atoms with van der Waals surface area (Å²) in [6.07, 6.45) is 3.86. The Balaban J connectivity index is 2.06. The second-order valence-electron chi connectivity index (χ2n) is 5.04. The standard InChI is InChI=1S/C16H15ClN4O/c1-18-15(22)8-12(11-3-2-6-19-9-11)10-4-5-14-13(7-10)16(17)21-20-14/h2-7,9,12H,8H2,1H3,(H,18,22)(H,20,21). The maximum Gasteiger partial charge on any atom is 0.220 e. The van der Waals surface area contributed by atoms with E-state index in [0.29, 0.717) is 11.6 Å². The van der Waals surface area contributed by atoms with Crippen LogP contribution in [0.2, 0.25) is 5.15 Å². The number of rotatable bonds is 4. The second kappa shape index (κ2) is 6.15. The summed E-state index contributed by atoms with van der Waals surface area (Å²) in [5.41, 5.74) is 2.87. The molecular formula is C16H15ClN4O. The maximum atomic E-state index is 11.9. The topological polar surface area (TPSA) is 70.7 Å². The van der Waals surface area contributed by atoms with E-state index in [2.05, 4.69) is 20.5 Å². The molecule has 0 radical (unpaired) electrons. The molecule has 1 unspecified atom stereocenters. The summed E-state index contributed by atoms with van der Waals surface area (Å²) >= 11 is 6.09. The smallest absolute Gasteiger partial charge is 0.220 e. The van der Waals surface area contributed by atoms with Gasteiger partial charge in [-0.15, -0.1) is 0 Å². The largest absolute Gasteiger partial charge is 0.359 e. The molecule has 0 fully saturated rings. The molecule has 0 aliphatic heterocycles. The lowest BCUT2D eigenvalue weighted by atomic mass is 9.88. The Morgan fingerprint density at radius 1 is 1.36 bits per heavy atom. The molecule has 1 amide bonds. The third-order valence-corrected chi connectivity index (χ3v) is 3.99. The van der Waals surface area contributed by atoms with Crippen LogP contribution in [0.15, 0.2) is 42.7 Å². The molecule has 3 aromatic rings. The van der Waals surface area contributed by atoms with Crippen LogP contribution in [0.4, 0.5) is 0 Å². The fourth-order valence-electron chi connectivity index (χ4n) is 2.51. The van der Waals surface area contributed by atoms with Crippen LogP contribution in [-0.4, -0.2) is 28.1 Å². The van der Waals surface area contributed by atoms with E-state index >= 15 is 0 Å². The SMILES string of the molecule is CNC(=O)CC(c1cccnc1)c1ccc2[nH]nc(Cl)c2c1. The molecule has 0 spiro atoms. The molecule has 1 aromatic carbocycles. The van der Waals surface area contributed by atoms with Crippen LogP contribution in [0.5, 0.6) is 0 Å². The molecule has 1 atom stereocenters. The first-order valence-corrected chi connectivity index (χ1v) is 7.31. The highest BCUT2D eigenvalue weighted by Crippen LogP contribution is 2.31. The molecule has 22 heavy (non-hydrogen) atoms. The minimum atomic E-state index is -0.0796. The van der Waals surface area contributed by atoms with Crippen molar-refractivity contribution in [3.05, 3.63) is 59.0 Å². The Hall–Kier alpha value is -2.40. The van der Waals surface area contributed by atoms with Crippen LogP contribution in [-0.2, 0) is 4.79 Å². The second-order valence-corrected chi connectivity index (χ2v) is 5.39. The van der Waals surface area contributed by atoms with Crippen molar-refractivity contribution in [2.75, 3.05) is 7.05 Å². The number of hydrogen-bond donors (Lipinski definition) is 2. The van der Waals surface area contributed by atoms with Gasteiger partial charge in [0, 0.05) is 37.2 Å². The number of fused-ring (bicyclic) bond motifs is 1. The van der Waals surface area contributed by atoms with Crippen molar-refractivity contribution in [2.24, 2.45) is 0 Å². The Kier molecular flexibility index (Phi) is 4.06. The average molecular weight is 315 g/mol. The van der Waals surface area contributed by atoms with Crippen molar-refractivity contribution >= 4 is 28.4 Å². The number of aromatic nitrogens is 3. The Bertz CT molecular complexity index is 800. The minimum absolute atomic E-state index is 0.0211. The van der Waals surface area contributed by atoms with E-state index < -0.39 is 0 Å². The van der Waals surface area contributed by atoms with Gasteiger partial charge in [-0.3, -0.25) is 14.9 Å². The van der Waals surface area contributed by atoms with Gasteiger partial charge >= 0.3 is 0 Å².